The van der Waals surface area contributed by atoms with Gasteiger partial charge in [0, 0.05) is 12.8 Å². The summed E-state index contributed by atoms with van der Waals surface area (Å²) in [6.07, 6.45) is 7.18. The van der Waals surface area contributed by atoms with Crippen molar-refractivity contribution in [2.24, 2.45) is 0 Å². The highest BCUT2D eigenvalue weighted by atomic mass is 14.0. The van der Waals surface area contributed by atoms with Crippen LogP contribution in [0.5, 0.6) is 0 Å². The first-order chi connectivity index (χ1) is 3.35. The molecule has 0 aliphatic heterocycles. The lowest BCUT2D eigenvalue weighted by molar-refractivity contribution is 0.889. The molecule has 38 valence electrons. The normalized spacial score (nSPS) is 7.57. The van der Waals surface area contributed by atoms with Gasteiger partial charge in [-0.1, -0.05) is 0 Å². The summed E-state index contributed by atoms with van der Waals surface area (Å²) in [4.78, 5) is 0. The standard InChI is InChI=1S/C7H11/c1-4-7(5-2)6-3/h1H,5-6H2,2-3H3/q+1. The van der Waals surface area contributed by atoms with Gasteiger partial charge >= 0.3 is 0 Å². The van der Waals surface area contributed by atoms with Crippen LogP contribution in [0.15, 0.2) is 0 Å². The van der Waals surface area contributed by atoms with Crippen LogP contribution < -0.4 is 0 Å². The largest absolute Gasteiger partial charge is 0.138 e. The van der Waals surface area contributed by atoms with E-state index in [-0.39, 0.29) is 0 Å². The summed E-state index contributed by atoms with van der Waals surface area (Å²) in [5.74, 6) is 3.83. The molecular weight excluding hydrogens is 84.1 g/mol. The third-order valence-corrected chi connectivity index (χ3v) is 1.06. The van der Waals surface area contributed by atoms with Crippen molar-refractivity contribution in [3.8, 4) is 12.3 Å². The summed E-state index contributed by atoms with van der Waals surface area (Å²) in [7, 11) is 0. The fourth-order valence-corrected chi connectivity index (χ4v) is 0.454. The van der Waals surface area contributed by atoms with E-state index in [0.29, 0.717) is 0 Å². The zero-order valence-corrected chi connectivity index (χ0v) is 4.99. The number of hydrogen-bond donors (Lipinski definition) is 0. The van der Waals surface area contributed by atoms with Gasteiger partial charge in [-0.3, -0.25) is 0 Å². The second-order valence-corrected chi connectivity index (χ2v) is 1.45. The third-order valence-electron chi connectivity index (χ3n) is 1.06. The number of rotatable bonds is 2. The molecule has 0 saturated carbocycles. The Morgan fingerprint density at radius 3 is 1.86 bits per heavy atom. The maximum Gasteiger partial charge on any atom is 0.138 e. The van der Waals surface area contributed by atoms with Gasteiger partial charge < -0.3 is 0 Å². The fraction of sp³-hybridized carbons (Fsp3) is 0.571. The van der Waals surface area contributed by atoms with E-state index in [2.05, 4.69) is 19.8 Å². The summed E-state index contributed by atoms with van der Waals surface area (Å²) in [5, 5.41) is 0. The summed E-state index contributed by atoms with van der Waals surface area (Å²) in [6, 6.07) is 0. The van der Waals surface area contributed by atoms with Crippen LogP contribution in [0.4, 0.5) is 0 Å². The van der Waals surface area contributed by atoms with Crippen LogP contribution in [0.1, 0.15) is 26.7 Å². The topological polar surface area (TPSA) is 0 Å². The molecule has 0 fully saturated rings. The Kier molecular flexibility index (Phi) is 3.32. The lowest BCUT2D eigenvalue weighted by Gasteiger charge is -1.88. The van der Waals surface area contributed by atoms with Crippen molar-refractivity contribution in [2.75, 3.05) is 0 Å². The minimum atomic E-state index is 1.03. The van der Waals surface area contributed by atoms with Crippen molar-refractivity contribution in [3.05, 3.63) is 5.92 Å². The molecule has 0 amide bonds. The van der Waals surface area contributed by atoms with E-state index < -0.39 is 0 Å². The summed E-state index contributed by atoms with van der Waals surface area (Å²) < 4.78 is 0. The lowest BCUT2D eigenvalue weighted by Crippen LogP contribution is -1.85. The monoisotopic (exact) mass is 95.1 g/mol. The highest BCUT2D eigenvalue weighted by Crippen LogP contribution is 2.06. The van der Waals surface area contributed by atoms with Gasteiger partial charge in [0.15, 0.2) is 0 Å². The first kappa shape index (κ1) is 6.43. The van der Waals surface area contributed by atoms with E-state index in [4.69, 9.17) is 6.42 Å². The van der Waals surface area contributed by atoms with E-state index in [1.165, 1.54) is 5.92 Å². The molecule has 0 N–H and O–H groups in total. The molecule has 0 aromatic carbocycles. The fourth-order valence-electron chi connectivity index (χ4n) is 0.454. The van der Waals surface area contributed by atoms with Crippen LogP contribution in [-0.4, -0.2) is 0 Å². The van der Waals surface area contributed by atoms with Crippen LogP contribution in [0.25, 0.3) is 0 Å². The molecule has 0 unspecified atom stereocenters. The summed E-state index contributed by atoms with van der Waals surface area (Å²) >= 11 is 0. The first-order valence-electron chi connectivity index (χ1n) is 2.66. The smallest absolute Gasteiger partial charge is 0.0430 e. The number of hydrogen-bond acceptors (Lipinski definition) is 0. The van der Waals surface area contributed by atoms with Crippen LogP contribution in [0, 0.1) is 18.3 Å². The van der Waals surface area contributed by atoms with Gasteiger partial charge in [-0.25, -0.2) is 0 Å². The van der Waals surface area contributed by atoms with E-state index in [9.17, 15) is 0 Å². The molecule has 0 radical (unpaired) electrons. The van der Waals surface area contributed by atoms with Gasteiger partial charge in [-0.2, -0.15) is 0 Å². The molecule has 0 rings (SSSR count). The van der Waals surface area contributed by atoms with E-state index >= 15 is 0 Å². The zero-order valence-electron chi connectivity index (χ0n) is 4.99. The Balaban J connectivity index is 3.23. The third kappa shape index (κ3) is 2.17. The molecule has 7 heavy (non-hydrogen) atoms. The molecule has 0 saturated heterocycles. The van der Waals surface area contributed by atoms with Crippen molar-refractivity contribution in [1.29, 1.82) is 0 Å². The Morgan fingerprint density at radius 2 is 1.86 bits per heavy atom. The van der Waals surface area contributed by atoms with E-state index in [1.54, 1.807) is 0 Å². The average Bonchev–Trinajstić information content (AvgIpc) is 1.72. The Labute approximate surface area is 45.9 Å². The summed E-state index contributed by atoms with van der Waals surface area (Å²) in [6.45, 7) is 4.16. The van der Waals surface area contributed by atoms with Gasteiger partial charge in [0.2, 0.25) is 0 Å². The van der Waals surface area contributed by atoms with Crippen molar-refractivity contribution in [1.82, 2.24) is 0 Å². The molecule has 0 heterocycles. The van der Waals surface area contributed by atoms with E-state index in [1.807, 2.05) is 0 Å². The molecule has 0 aliphatic carbocycles. The van der Waals surface area contributed by atoms with Crippen molar-refractivity contribution in [3.63, 3.8) is 0 Å². The van der Waals surface area contributed by atoms with Gasteiger partial charge in [0.05, 0.1) is 0 Å². The maximum atomic E-state index is 5.11. The van der Waals surface area contributed by atoms with Crippen LogP contribution in [-0.2, 0) is 0 Å². The van der Waals surface area contributed by atoms with Crippen molar-refractivity contribution < 1.29 is 0 Å². The molecule has 0 atom stereocenters. The molecule has 0 aromatic heterocycles. The van der Waals surface area contributed by atoms with Crippen LogP contribution >= 0.6 is 0 Å². The lowest BCUT2D eigenvalue weighted by atomic mass is 10.1. The van der Waals surface area contributed by atoms with Gasteiger partial charge in [-0.05, 0) is 13.8 Å². The predicted octanol–water partition coefficient (Wildman–Crippen LogP) is 2.01. The van der Waals surface area contributed by atoms with Crippen molar-refractivity contribution >= 4 is 0 Å². The average molecular weight is 95.2 g/mol. The highest BCUT2D eigenvalue weighted by Gasteiger charge is 2.03. The Bertz CT molecular complexity index is 62.6. The van der Waals surface area contributed by atoms with Crippen molar-refractivity contribution in [2.45, 2.75) is 26.7 Å². The van der Waals surface area contributed by atoms with Crippen LogP contribution in [0.3, 0.4) is 0 Å². The second-order valence-electron chi connectivity index (χ2n) is 1.45. The zero-order chi connectivity index (χ0) is 5.70. The predicted molar refractivity (Wildman–Crippen MR) is 32.7 cm³/mol. The Hall–Kier alpha value is -0.570. The maximum absolute atomic E-state index is 5.11. The quantitative estimate of drug-likeness (QED) is 0.363. The first-order valence-corrected chi connectivity index (χ1v) is 2.66. The minimum absolute atomic E-state index is 1.03. The van der Waals surface area contributed by atoms with E-state index in [0.717, 1.165) is 12.8 Å². The second kappa shape index (κ2) is 3.61. The molecule has 0 nitrogen and oxygen atoms in total. The van der Waals surface area contributed by atoms with Crippen LogP contribution in [0.2, 0.25) is 0 Å². The Morgan fingerprint density at radius 1 is 1.43 bits per heavy atom. The molecule has 0 aromatic rings. The molecular formula is C7H11+. The highest BCUT2D eigenvalue weighted by molar-refractivity contribution is 5.14. The molecule has 0 heteroatoms. The molecule has 0 bridgehead atoms. The van der Waals surface area contributed by atoms with Gasteiger partial charge in [-0.15, -0.1) is 0 Å². The molecule has 0 aliphatic rings. The minimum Gasteiger partial charge on any atom is -0.0430 e. The molecule has 0 spiro atoms. The number of terminal acetylenes is 1. The van der Waals surface area contributed by atoms with Gasteiger partial charge in [0.1, 0.15) is 18.3 Å². The SMILES string of the molecule is C#C[C+](CC)CC. The summed E-state index contributed by atoms with van der Waals surface area (Å²) in [5.41, 5.74) is 0. The van der Waals surface area contributed by atoms with Gasteiger partial charge in [0.25, 0.3) is 0 Å².